The van der Waals surface area contributed by atoms with Gasteiger partial charge in [-0.05, 0) is 30.3 Å². The highest BCUT2D eigenvalue weighted by Crippen LogP contribution is 2.27. The van der Waals surface area contributed by atoms with E-state index in [9.17, 15) is 0 Å². The first-order chi connectivity index (χ1) is 10.1. The molecule has 0 aliphatic heterocycles. The third-order valence-electron chi connectivity index (χ3n) is 2.48. The molecule has 3 nitrogen and oxygen atoms in total. The molecule has 0 heterocycles. The Hall–Kier alpha value is -1.36. The summed E-state index contributed by atoms with van der Waals surface area (Å²) in [4.78, 5) is 4.29. The van der Waals surface area contributed by atoms with Gasteiger partial charge in [-0.15, -0.1) is 0 Å². The highest BCUT2D eigenvalue weighted by atomic mass is 35.5. The molecule has 110 valence electrons. The van der Waals surface area contributed by atoms with Crippen LogP contribution in [0.1, 0.15) is 0 Å². The first kappa shape index (κ1) is 16.0. The summed E-state index contributed by atoms with van der Waals surface area (Å²) in [6.07, 6.45) is 0. The molecule has 0 unspecified atom stereocenters. The molecule has 2 rings (SSSR count). The third kappa shape index (κ3) is 5.50. The van der Waals surface area contributed by atoms with Crippen molar-refractivity contribution in [2.45, 2.75) is 0 Å². The second kappa shape index (κ2) is 8.17. The molecule has 0 aliphatic rings. The van der Waals surface area contributed by atoms with E-state index >= 15 is 0 Å². The van der Waals surface area contributed by atoms with Gasteiger partial charge in [0.2, 0.25) is 0 Å². The van der Waals surface area contributed by atoms with E-state index in [1.807, 2.05) is 30.3 Å². The topological polar surface area (TPSA) is 47.6 Å². The van der Waals surface area contributed by atoms with E-state index in [2.05, 4.69) is 4.99 Å². The first-order valence-electron chi connectivity index (χ1n) is 6.25. The average molecular weight is 341 g/mol. The molecule has 0 aromatic heterocycles. The van der Waals surface area contributed by atoms with Crippen LogP contribution in [-0.2, 0) is 0 Å². The number of nitrogens with two attached hydrogens (primary N) is 1. The predicted octanol–water partition coefficient (Wildman–Crippen LogP) is 4.75. The summed E-state index contributed by atoms with van der Waals surface area (Å²) in [5, 5.41) is 1.59. The maximum atomic E-state index is 6.01. The van der Waals surface area contributed by atoms with Crippen LogP contribution in [0.3, 0.4) is 0 Å². The SMILES string of the molecule is NC(=Nc1ccccc1)SCCOc1ccc(Cl)cc1Cl. The van der Waals surface area contributed by atoms with Gasteiger partial charge in [-0.3, -0.25) is 0 Å². The van der Waals surface area contributed by atoms with Crippen molar-refractivity contribution in [3.8, 4) is 5.75 Å². The van der Waals surface area contributed by atoms with Crippen LogP contribution in [0.4, 0.5) is 5.69 Å². The van der Waals surface area contributed by atoms with Crippen LogP contribution in [0.5, 0.6) is 5.75 Å². The van der Waals surface area contributed by atoms with E-state index in [1.54, 1.807) is 18.2 Å². The Bertz CT molecular complexity index is 620. The van der Waals surface area contributed by atoms with Crippen LogP contribution >= 0.6 is 35.0 Å². The second-order valence-corrected chi connectivity index (χ2v) is 6.02. The largest absolute Gasteiger partial charge is 0.491 e. The van der Waals surface area contributed by atoms with Crippen molar-refractivity contribution in [2.24, 2.45) is 10.7 Å². The normalized spacial score (nSPS) is 11.4. The number of benzene rings is 2. The van der Waals surface area contributed by atoms with Crippen molar-refractivity contribution < 1.29 is 4.74 Å². The highest BCUT2D eigenvalue weighted by molar-refractivity contribution is 8.13. The van der Waals surface area contributed by atoms with Gasteiger partial charge in [0.1, 0.15) is 5.75 Å². The third-order valence-corrected chi connectivity index (χ3v) is 3.77. The van der Waals surface area contributed by atoms with Crippen LogP contribution in [0, 0.1) is 0 Å². The van der Waals surface area contributed by atoms with Crippen molar-refractivity contribution in [1.29, 1.82) is 0 Å². The van der Waals surface area contributed by atoms with Crippen LogP contribution in [0.25, 0.3) is 0 Å². The molecule has 6 heteroatoms. The predicted molar refractivity (Wildman–Crippen MR) is 92.1 cm³/mol. The van der Waals surface area contributed by atoms with Gasteiger partial charge in [0.25, 0.3) is 0 Å². The zero-order valence-corrected chi connectivity index (χ0v) is 13.5. The van der Waals surface area contributed by atoms with Gasteiger partial charge >= 0.3 is 0 Å². The summed E-state index contributed by atoms with van der Waals surface area (Å²) in [6.45, 7) is 0.483. The lowest BCUT2D eigenvalue weighted by atomic mass is 10.3. The van der Waals surface area contributed by atoms with Gasteiger partial charge in [0.05, 0.1) is 17.3 Å². The minimum atomic E-state index is 0.483. The number of rotatable bonds is 5. The monoisotopic (exact) mass is 340 g/mol. The van der Waals surface area contributed by atoms with E-state index in [-0.39, 0.29) is 0 Å². The maximum Gasteiger partial charge on any atom is 0.159 e. The fraction of sp³-hybridized carbons (Fsp3) is 0.133. The number of amidine groups is 1. The van der Waals surface area contributed by atoms with Crippen molar-refractivity contribution >= 4 is 45.8 Å². The molecule has 2 aromatic carbocycles. The molecule has 2 N–H and O–H groups in total. The number of ether oxygens (including phenoxy) is 1. The Kier molecular flexibility index (Phi) is 6.23. The fourth-order valence-corrected chi connectivity index (χ4v) is 2.56. The number of hydrogen-bond acceptors (Lipinski definition) is 3. The number of aliphatic imine (C=N–C) groups is 1. The molecular weight excluding hydrogens is 327 g/mol. The molecule has 0 fully saturated rings. The van der Waals surface area contributed by atoms with Gasteiger partial charge in [-0.2, -0.15) is 0 Å². The van der Waals surface area contributed by atoms with Crippen LogP contribution < -0.4 is 10.5 Å². The Labute approximate surface area is 138 Å². The minimum Gasteiger partial charge on any atom is -0.491 e. The lowest BCUT2D eigenvalue weighted by Crippen LogP contribution is -2.10. The van der Waals surface area contributed by atoms with E-state index in [1.165, 1.54) is 11.8 Å². The quantitative estimate of drug-likeness (QED) is 0.485. The van der Waals surface area contributed by atoms with Gasteiger partial charge in [0, 0.05) is 10.8 Å². The Morgan fingerprint density at radius 3 is 2.62 bits per heavy atom. The van der Waals surface area contributed by atoms with Crippen LogP contribution in [0.2, 0.25) is 10.0 Å². The summed E-state index contributed by atoms with van der Waals surface area (Å²) in [7, 11) is 0. The summed E-state index contributed by atoms with van der Waals surface area (Å²) in [6, 6.07) is 14.7. The number of hydrogen-bond donors (Lipinski definition) is 1. The molecule has 21 heavy (non-hydrogen) atoms. The zero-order valence-electron chi connectivity index (χ0n) is 11.1. The zero-order chi connectivity index (χ0) is 15.1. The molecule has 0 spiro atoms. The van der Waals surface area contributed by atoms with Crippen molar-refractivity contribution in [3.05, 3.63) is 58.6 Å². The summed E-state index contributed by atoms with van der Waals surface area (Å²) >= 11 is 13.3. The fourth-order valence-electron chi connectivity index (χ4n) is 1.55. The van der Waals surface area contributed by atoms with Crippen LogP contribution in [0.15, 0.2) is 53.5 Å². The van der Waals surface area contributed by atoms with Gasteiger partial charge < -0.3 is 10.5 Å². The number of para-hydroxylation sites is 1. The summed E-state index contributed by atoms with van der Waals surface area (Å²) < 4.78 is 5.57. The molecule has 0 bridgehead atoms. The maximum absolute atomic E-state index is 6.01. The number of thioether (sulfide) groups is 1. The number of halogens is 2. The van der Waals surface area contributed by atoms with Crippen molar-refractivity contribution in [3.63, 3.8) is 0 Å². The lowest BCUT2D eigenvalue weighted by molar-refractivity contribution is 0.344. The van der Waals surface area contributed by atoms with Gasteiger partial charge in [0.15, 0.2) is 5.17 Å². The molecule has 0 saturated heterocycles. The first-order valence-corrected chi connectivity index (χ1v) is 7.99. The molecule has 0 radical (unpaired) electrons. The standard InChI is InChI=1S/C15H14Cl2N2OS/c16-11-6-7-14(13(17)10-11)20-8-9-21-15(18)19-12-4-2-1-3-5-12/h1-7,10H,8-9H2,(H2,18,19). The van der Waals surface area contributed by atoms with E-state index < -0.39 is 0 Å². The molecule has 2 aromatic rings. The van der Waals surface area contributed by atoms with E-state index in [0.29, 0.717) is 33.3 Å². The van der Waals surface area contributed by atoms with E-state index in [0.717, 1.165) is 5.69 Å². The molecule has 0 saturated carbocycles. The smallest absolute Gasteiger partial charge is 0.159 e. The van der Waals surface area contributed by atoms with Crippen molar-refractivity contribution in [2.75, 3.05) is 12.4 Å². The Morgan fingerprint density at radius 2 is 1.90 bits per heavy atom. The summed E-state index contributed by atoms with van der Waals surface area (Å²) in [5.41, 5.74) is 6.69. The van der Waals surface area contributed by atoms with E-state index in [4.69, 9.17) is 33.7 Å². The molecule has 0 atom stereocenters. The van der Waals surface area contributed by atoms with Gasteiger partial charge in [-0.25, -0.2) is 4.99 Å². The summed E-state index contributed by atoms with van der Waals surface area (Å²) in [5.74, 6) is 1.29. The lowest BCUT2D eigenvalue weighted by Gasteiger charge is -2.07. The molecule has 0 aliphatic carbocycles. The average Bonchev–Trinajstić information content (AvgIpc) is 2.46. The van der Waals surface area contributed by atoms with Gasteiger partial charge in [-0.1, -0.05) is 53.2 Å². The Balaban J connectivity index is 1.78. The molecule has 0 amide bonds. The minimum absolute atomic E-state index is 0.483. The van der Waals surface area contributed by atoms with Crippen molar-refractivity contribution in [1.82, 2.24) is 0 Å². The molecular formula is C15H14Cl2N2OS. The van der Waals surface area contributed by atoms with Crippen LogP contribution in [-0.4, -0.2) is 17.5 Å². The second-order valence-electron chi connectivity index (χ2n) is 4.06. The Morgan fingerprint density at radius 1 is 1.14 bits per heavy atom. The highest BCUT2D eigenvalue weighted by Gasteiger charge is 2.02. The number of nitrogens with zero attached hydrogens (tertiary/aromatic N) is 1.